The van der Waals surface area contributed by atoms with E-state index >= 15 is 0 Å². The molecule has 1 aliphatic carbocycles. The number of rotatable bonds is 8. The van der Waals surface area contributed by atoms with Crippen LogP contribution >= 0.6 is 11.6 Å². The van der Waals surface area contributed by atoms with E-state index in [1.165, 1.54) is 20.3 Å². The van der Waals surface area contributed by atoms with Gasteiger partial charge in [-0.2, -0.15) is 0 Å². The summed E-state index contributed by atoms with van der Waals surface area (Å²) in [4.78, 5) is 25.9. The summed E-state index contributed by atoms with van der Waals surface area (Å²) in [5, 5.41) is 0.194. The molecular formula is C22H27ClO6. The third kappa shape index (κ3) is 3.59. The summed E-state index contributed by atoms with van der Waals surface area (Å²) in [5.74, 6) is 0.290. The van der Waals surface area contributed by atoms with Gasteiger partial charge < -0.3 is 18.9 Å². The fourth-order valence-electron chi connectivity index (χ4n) is 3.95. The van der Waals surface area contributed by atoms with Gasteiger partial charge in [0.15, 0.2) is 17.3 Å². The molecule has 0 aromatic heterocycles. The second-order valence-electron chi connectivity index (χ2n) is 7.46. The van der Waals surface area contributed by atoms with E-state index < -0.39 is 11.5 Å². The SMILES string of the molecule is CCCCCCOC1=CC(=O)C[C@@H](C)[C@]12Oc1c(Cl)c(OC)cc(OC)c1C2=O. The molecule has 1 aromatic carbocycles. The van der Waals surface area contributed by atoms with Crippen molar-refractivity contribution >= 4 is 23.2 Å². The monoisotopic (exact) mass is 422 g/mol. The Hall–Kier alpha value is -2.21. The molecule has 0 amide bonds. The molecule has 0 radical (unpaired) electrons. The van der Waals surface area contributed by atoms with Gasteiger partial charge in [-0.1, -0.05) is 44.7 Å². The maximum absolute atomic E-state index is 13.6. The quantitative estimate of drug-likeness (QED) is 0.562. The number of fused-ring (bicyclic) bond motifs is 1. The lowest BCUT2D eigenvalue weighted by Crippen LogP contribution is -2.51. The molecule has 0 fully saturated rings. The molecule has 3 rings (SSSR count). The lowest BCUT2D eigenvalue weighted by atomic mass is 9.75. The molecule has 1 spiro atoms. The Morgan fingerprint density at radius 1 is 1.17 bits per heavy atom. The number of hydrogen-bond donors (Lipinski definition) is 0. The van der Waals surface area contributed by atoms with Crippen molar-refractivity contribution in [2.75, 3.05) is 20.8 Å². The fourth-order valence-corrected chi connectivity index (χ4v) is 4.21. The average molecular weight is 423 g/mol. The lowest BCUT2D eigenvalue weighted by molar-refractivity contribution is -0.118. The highest BCUT2D eigenvalue weighted by Crippen LogP contribution is 2.54. The highest BCUT2D eigenvalue weighted by molar-refractivity contribution is 6.35. The molecule has 0 unspecified atom stereocenters. The van der Waals surface area contributed by atoms with Crippen molar-refractivity contribution in [3.05, 3.63) is 28.5 Å². The summed E-state index contributed by atoms with van der Waals surface area (Å²) >= 11 is 6.45. The second kappa shape index (κ2) is 8.66. The Balaban J connectivity index is 2.01. The zero-order valence-electron chi connectivity index (χ0n) is 17.3. The van der Waals surface area contributed by atoms with Crippen LogP contribution in [0.25, 0.3) is 0 Å². The summed E-state index contributed by atoms with van der Waals surface area (Å²) in [5.41, 5.74) is -1.18. The number of ether oxygens (including phenoxy) is 4. The predicted molar refractivity (Wildman–Crippen MR) is 109 cm³/mol. The maximum Gasteiger partial charge on any atom is 0.231 e. The first-order chi connectivity index (χ1) is 13.9. The molecule has 7 heteroatoms. The van der Waals surface area contributed by atoms with E-state index in [1.807, 2.05) is 6.92 Å². The molecule has 29 heavy (non-hydrogen) atoms. The van der Waals surface area contributed by atoms with Crippen LogP contribution in [0.3, 0.4) is 0 Å². The number of Topliss-reactive ketones (excluding diaryl/α,β-unsaturated/α-hetero) is 1. The van der Waals surface area contributed by atoms with E-state index in [0.29, 0.717) is 18.1 Å². The first-order valence-corrected chi connectivity index (χ1v) is 10.3. The van der Waals surface area contributed by atoms with Crippen molar-refractivity contribution in [1.29, 1.82) is 0 Å². The van der Waals surface area contributed by atoms with Crippen LogP contribution in [-0.4, -0.2) is 38.0 Å². The van der Waals surface area contributed by atoms with Gasteiger partial charge in [0.25, 0.3) is 0 Å². The van der Waals surface area contributed by atoms with Gasteiger partial charge in [0, 0.05) is 24.5 Å². The first-order valence-electron chi connectivity index (χ1n) is 9.96. The third-order valence-corrected chi connectivity index (χ3v) is 5.89. The zero-order valence-corrected chi connectivity index (χ0v) is 18.1. The van der Waals surface area contributed by atoms with E-state index in [-0.39, 0.29) is 40.1 Å². The van der Waals surface area contributed by atoms with Gasteiger partial charge in [0.2, 0.25) is 11.4 Å². The van der Waals surface area contributed by atoms with Gasteiger partial charge in [0.1, 0.15) is 22.1 Å². The van der Waals surface area contributed by atoms with Gasteiger partial charge in [-0.15, -0.1) is 0 Å². The summed E-state index contributed by atoms with van der Waals surface area (Å²) in [6.45, 7) is 4.36. The van der Waals surface area contributed by atoms with E-state index in [0.717, 1.165) is 25.7 Å². The van der Waals surface area contributed by atoms with Crippen molar-refractivity contribution in [1.82, 2.24) is 0 Å². The summed E-state index contributed by atoms with van der Waals surface area (Å²) < 4.78 is 22.9. The number of carbonyl (C=O) groups excluding carboxylic acids is 2. The molecule has 0 bridgehead atoms. The number of ketones is 2. The smallest absolute Gasteiger partial charge is 0.231 e. The topological polar surface area (TPSA) is 71.1 Å². The number of benzene rings is 1. The highest BCUT2D eigenvalue weighted by atomic mass is 35.5. The largest absolute Gasteiger partial charge is 0.496 e. The van der Waals surface area contributed by atoms with Crippen LogP contribution in [0.1, 0.15) is 56.3 Å². The molecule has 2 atom stereocenters. The first kappa shape index (κ1) is 21.5. The van der Waals surface area contributed by atoms with E-state index in [1.54, 1.807) is 6.07 Å². The molecule has 0 saturated carbocycles. The van der Waals surface area contributed by atoms with Crippen LogP contribution in [0.5, 0.6) is 17.2 Å². The molecule has 0 saturated heterocycles. The van der Waals surface area contributed by atoms with E-state index in [4.69, 9.17) is 30.5 Å². The number of hydrogen-bond acceptors (Lipinski definition) is 6. The Morgan fingerprint density at radius 3 is 2.55 bits per heavy atom. The van der Waals surface area contributed by atoms with Crippen molar-refractivity contribution in [2.45, 2.75) is 51.6 Å². The average Bonchev–Trinajstić information content (AvgIpc) is 3.01. The predicted octanol–water partition coefficient (Wildman–Crippen LogP) is 4.76. The minimum atomic E-state index is -1.43. The van der Waals surface area contributed by atoms with Crippen LogP contribution in [0.4, 0.5) is 0 Å². The van der Waals surface area contributed by atoms with Crippen molar-refractivity contribution in [2.24, 2.45) is 5.92 Å². The van der Waals surface area contributed by atoms with Crippen molar-refractivity contribution in [3.8, 4) is 17.2 Å². The van der Waals surface area contributed by atoms with Gasteiger partial charge in [-0.3, -0.25) is 9.59 Å². The molecule has 2 aliphatic rings. The summed E-state index contributed by atoms with van der Waals surface area (Å²) in [6.07, 6.45) is 5.64. The lowest BCUT2D eigenvalue weighted by Gasteiger charge is -2.37. The second-order valence-corrected chi connectivity index (χ2v) is 7.83. The Labute approximate surface area is 176 Å². The fraction of sp³-hybridized carbons (Fsp3) is 0.545. The minimum absolute atomic E-state index is 0.0883. The molecule has 1 aliphatic heterocycles. The molecule has 1 aromatic rings. The van der Waals surface area contributed by atoms with Crippen molar-refractivity contribution < 1.29 is 28.5 Å². The van der Waals surface area contributed by atoms with Crippen LogP contribution in [0.2, 0.25) is 5.02 Å². The van der Waals surface area contributed by atoms with Crippen molar-refractivity contribution in [3.63, 3.8) is 0 Å². The van der Waals surface area contributed by atoms with Gasteiger partial charge in [0.05, 0.1) is 20.8 Å². The number of carbonyl (C=O) groups is 2. The van der Waals surface area contributed by atoms with Crippen LogP contribution in [0.15, 0.2) is 17.9 Å². The van der Waals surface area contributed by atoms with Crippen LogP contribution in [-0.2, 0) is 9.53 Å². The minimum Gasteiger partial charge on any atom is -0.496 e. The molecule has 1 heterocycles. The summed E-state index contributed by atoms with van der Waals surface area (Å²) in [7, 11) is 2.95. The van der Waals surface area contributed by atoms with Crippen LogP contribution in [0, 0.1) is 5.92 Å². The molecule has 0 N–H and O–H groups in total. The maximum atomic E-state index is 13.6. The molecule has 6 nitrogen and oxygen atoms in total. The molecular weight excluding hydrogens is 396 g/mol. The third-order valence-electron chi connectivity index (χ3n) is 5.53. The zero-order chi connectivity index (χ0) is 21.2. The number of halogens is 1. The standard InChI is InChI=1S/C22H27ClO6/c1-5-6-7-8-9-28-17-11-14(24)10-13(2)22(17)21(25)18-15(26-3)12-16(27-4)19(23)20(18)29-22/h11-13H,5-10H2,1-4H3/t13-,22+/m1/s1. The van der Waals surface area contributed by atoms with E-state index in [9.17, 15) is 9.59 Å². The van der Waals surface area contributed by atoms with Gasteiger partial charge in [-0.25, -0.2) is 0 Å². The number of allylic oxidation sites excluding steroid dienone is 1. The Morgan fingerprint density at radius 2 is 1.90 bits per heavy atom. The van der Waals surface area contributed by atoms with Crippen LogP contribution < -0.4 is 14.2 Å². The number of methoxy groups -OCH3 is 2. The molecule has 158 valence electrons. The number of unbranched alkanes of at least 4 members (excludes halogenated alkanes) is 3. The Bertz CT molecular complexity index is 846. The van der Waals surface area contributed by atoms with Gasteiger partial charge in [-0.05, 0) is 6.42 Å². The Kier molecular flexibility index (Phi) is 6.42. The summed E-state index contributed by atoms with van der Waals surface area (Å²) in [6, 6.07) is 1.56. The van der Waals surface area contributed by atoms with Gasteiger partial charge >= 0.3 is 0 Å². The highest BCUT2D eigenvalue weighted by Gasteiger charge is 2.60. The normalized spacial score (nSPS) is 22.9. The van der Waals surface area contributed by atoms with E-state index in [2.05, 4.69) is 6.92 Å².